The summed E-state index contributed by atoms with van der Waals surface area (Å²) in [5.41, 5.74) is 2.48. The van der Waals surface area contributed by atoms with Gasteiger partial charge in [0.2, 0.25) is 5.91 Å². The number of hydrogen-bond donors (Lipinski definition) is 1. The molecule has 0 bridgehead atoms. The Labute approximate surface area is 175 Å². The number of carbonyl (C=O) groups is 2. The Hall–Kier alpha value is -2.30. The topological polar surface area (TPSA) is 49.4 Å². The van der Waals surface area contributed by atoms with Gasteiger partial charge in [0.25, 0.3) is 5.91 Å². The molecule has 2 aromatic carbocycles. The third-order valence-corrected chi connectivity index (χ3v) is 5.63. The lowest BCUT2D eigenvalue weighted by molar-refractivity contribution is -0.126. The van der Waals surface area contributed by atoms with E-state index >= 15 is 0 Å². The summed E-state index contributed by atoms with van der Waals surface area (Å²) in [6.45, 7) is 3.16. The van der Waals surface area contributed by atoms with Crippen molar-refractivity contribution in [2.45, 2.75) is 25.8 Å². The highest BCUT2D eigenvalue weighted by Crippen LogP contribution is 2.23. The third kappa shape index (κ3) is 5.15. The smallest absolute Gasteiger partial charge is 0.251 e. The van der Waals surface area contributed by atoms with Crippen molar-refractivity contribution in [1.82, 2.24) is 10.2 Å². The van der Waals surface area contributed by atoms with E-state index in [1.807, 2.05) is 37.3 Å². The average Bonchev–Trinajstić information content (AvgIpc) is 2.69. The van der Waals surface area contributed by atoms with Crippen LogP contribution in [-0.4, -0.2) is 35.8 Å². The number of aryl methyl sites for hydroxylation is 1. The fourth-order valence-corrected chi connectivity index (χ4v) is 3.53. The number of hydrogen-bond acceptors (Lipinski definition) is 2. The molecular formula is C22H22Cl2N2O2. The van der Waals surface area contributed by atoms with Gasteiger partial charge in [-0.3, -0.25) is 9.59 Å². The Bertz CT molecular complexity index is 903. The molecule has 0 unspecified atom stereocenters. The third-order valence-electron chi connectivity index (χ3n) is 4.89. The molecule has 2 amide bonds. The summed E-state index contributed by atoms with van der Waals surface area (Å²) in [7, 11) is 0. The molecule has 1 N–H and O–H groups in total. The van der Waals surface area contributed by atoms with Gasteiger partial charge in [-0.25, -0.2) is 0 Å². The largest absolute Gasteiger partial charge is 0.349 e. The van der Waals surface area contributed by atoms with E-state index in [0.29, 0.717) is 28.7 Å². The predicted molar refractivity (Wildman–Crippen MR) is 114 cm³/mol. The molecule has 1 saturated heterocycles. The number of benzene rings is 2. The first-order chi connectivity index (χ1) is 13.4. The summed E-state index contributed by atoms with van der Waals surface area (Å²) in [4.78, 5) is 26.6. The molecule has 1 aliphatic heterocycles. The summed E-state index contributed by atoms with van der Waals surface area (Å²) in [6.07, 6.45) is 4.76. The van der Waals surface area contributed by atoms with Gasteiger partial charge in [-0.15, -0.1) is 0 Å². The van der Waals surface area contributed by atoms with Crippen molar-refractivity contribution in [3.8, 4) is 0 Å². The van der Waals surface area contributed by atoms with Gasteiger partial charge in [-0.1, -0.05) is 47.5 Å². The minimum absolute atomic E-state index is 0.0465. The number of piperidine rings is 1. The SMILES string of the molecule is Cc1ccccc1C(=O)NC1CCN(C(=O)/C=C/c2ccc(Cl)c(Cl)c2)CC1. The number of amides is 2. The van der Waals surface area contributed by atoms with Crippen molar-refractivity contribution in [1.29, 1.82) is 0 Å². The molecule has 0 aromatic heterocycles. The predicted octanol–water partition coefficient (Wildman–Crippen LogP) is 4.74. The molecule has 2 aromatic rings. The van der Waals surface area contributed by atoms with Crippen molar-refractivity contribution < 1.29 is 9.59 Å². The first-order valence-corrected chi connectivity index (χ1v) is 9.98. The van der Waals surface area contributed by atoms with Crippen LogP contribution >= 0.6 is 23.2 Å². The van der Waals surface area contributed by atoms with Crippen LogP contribution in [0.5, 0.6) is 0 Å². The molecule has 4 nitrogen and oxygen atoms in total. The molecule has 1 fully saturated rings. The molecule has 3 rings (SSSR count). The molecule has 0 atom stereocenters. The lowest BCUT2D eigenvalue weighted by atomic mass is 10.0. The zero-order valence-corrected chi connectivity index (χ0v) is 17.1. The molecule has 0 aliphatic carbocycles. The molecule has 6 heteroatoms. The minimum atomic E-state index is -0.0533. The van der Waals surface area contributed by atoms with Crippen LogP contribution in [-0.2, 0) is 4.79 Å². The molecule has 146 valence electrons. The first-order valence-electron chi connectivity index (χ1n) is 9.22. The second kappa shape index (κ2) is 9.26. The van der Waals surface area contributed by atoms with Crippen LogP contribution < -0.4 is 5.32 Å². The zero-order chi connectivity index (χ0) is 20.1. The Morgan fingerprint density at radius 3 is 2.46 bits per heavy atom. The summed E-state index contributed by atoms with van der Waals surface area (Å²) < 4.78 is 0. The van der Waals surface area contributed by atoms with Crippen molar-refractivity contribution in [3.63, 3.8) is 0 Å². The van der Waals surface area contributed by atoms with Crippen LogP contribution in [0, 0.1) is 6.92 Å². The van der Waals surface area contributed by atoms with Gasteiger partial charge in [0, 0.05) is 30.8 Å². The highest BCUT2D eigenvalue weighted by molar-refractivity contribution is 6.42. The highest BCUT2D eigenvalue weighted by Gasteiger charge is 2.23. The number of likely N-dealkylation sites (tertiary alicyclic amines) is 1. The van der Waals surface area contributed by atoms with Crippen LogP contribution in [0.25, 0.3) is 6.08 Å². The Balaban J connectivity index is 1.51. The van der Waals surface area contributed by atoms with E-state index in [1.165, 1.54) is 0 Å². The lowest BCUT2D eigenvalue weighted by Crippen LogP contribution is -2.46. The van der Waals surface area contributed by atoms with E-state index in [0.717, 1.165) is 24.0 Å². The first kappa shape index (κ1) is 20.4. The van der Waals surface area contributed by atoms with Gasteiger partial charge in [-0.05, 0) is 55.2 Å². The maximum absolute atomic E-state index is 12.4. The molecule has 1 aliphatic rings. The maximum Gasteiger partial charge on any atom is 0.251 e. The average molecular weight is 417 g/mol. The van der Waals surface area contributed by atoms with Gasteiger partial charge in [0.05, 0.1) is 10.0 Å². The maximum atomic E-state index is 12.4. The molecule has 0 radical (unpaired) electrons. The van der Waals surface area contributed by atoms with Crippen LogP contribution in [0.2, 0.25) is 10.0 Å². The van der Waals surface area contributed by atoms with E-state index < -0.39 is 0 Å². The van der Waals surface area contributed by atoms with E-state index in [9.17, 15) is 9.59 Å². The van der Waals surface area contributed by atoms with E-state index in [1.54, 1.807) is 29.2 Å². The second-order valence-electron chi connectivity index (χ2n) is 6.89. The summed E-state index contributed by atoms with van der Waals surface area (Å²) in [6, 6.07) is 12.9. The number of halogens is 2. The van der Waals surface area contributed by atoms with Crippen molar-refractivity contribution >= 4 is 41.1 Å². The molecular weight excluding hydrogens is 395 g/mol. The Morgan fingerprint density at radius 1 is 1.07 bits per heavy atom. The highest BCUT2D eigenvalue weighted by atomic mass is 35.5. The Morgan fingerprint density at radius 2 is 1.79 bits per heavy atom. The summed E-state index contributed by atoms with van der Waals surface area (Å²) >= 11 is 11.9. The van der Waals surface area contributed by atoms with Crippen molar-refractivity contribution in [3.05, 3.63) is 75.3 Å². The monoisotopic (exact) mass is 416 g/mol. The summed E-state index contributed by atoms with van der Waals surface area (Å²) in [5, 5.41) is 4.03. The lowest BCUT2D eigenvalue weighted by Gasteiger charge is -2.31. The van der Waals surface area contributed by atoms with Crippen LogP contribution in [0.4, 0.5) is 0 Å². The van der Waals surface area contributed by atoms with Gasteiger partial charge in [0.1, 0.15) is 0 Å². The van der Waals surface area contributed by atoms with E-state index in [-0.39, 0.29) is 17.9 Å². The molecule has 0 spiro atoms. The number of carbonyl (C=O) groups excluding carboxylic acids is 2. The van der Waals surface area contributed by atoms with Crippen molar-refractivity contribution in [2.24, 2.45) is 0 Å². The molecule has 28 heavy (non-hydrogen) atoms. The second-order valence-corrected chi connectivity index (χ2v) is 7.71. The van der Waals surface area contributed by atoms with Crippen LogP contribution in [0.15, 0.2) is 48.5 Å². The normalized spacial score (nSPS) is 15.0. The summed E-state index contributed by atoms with van der Waals surface area (Å²) in [5.74, 6) is -0.0999. The fourth-order valence-electron chi connectivity index (χ4n) is 3.22. The molecule has 1 heterocycles. The standard InChI is InChI=1S/C22H22Cl2N2O2/c1-15-4-2-3-5-18(15)22(28)25-17-10-12-26(13-11-17)21(27)9-7-16-6-8-19(23)20(24)14-16/h2-9,14,17H,10-13H2,1H3,(H,25,28)/b9-7+. The van der Waals surface area contributed by atoms with Crippen LogP contribution in [0.1, 0.15) is 34.3 Å². The number of rotatable bonds is 4. The zero-order valence-electron chi connectivity index (χ0n) is 15.6. The number of nitrogens with one attached hydrogen (secondary N) is 1. The van der Waals surface area contributed by atoms with Gasteiger partial charge in [-0.2, -0.15) is 0 Å². The Kier molecular flexibility index (Phi) is 6.76. The molecule has 0 saturated carbocycles. The quantitative estimate of drug-likeness (QED) is 0.731. The van der Waals surface area contributed by atoms with E-state index in [4.69, 9.17) is 23.2 Å². The minimum Gasteiger partial charge on any atom is -0.349 e. The van der Waals surface area contributed by atoms with Crippen molar-refractivity contribution in [2.75, 3.05) is 13.1 Å². The van der Waals surface area contributed by atoms with Gasteiger partial charge in [0.15, 0.2) is 0 Å². The van der Waals surface area contributed by atoms with Gasteiger partial charge >= 0.3 is 0 Å². The van der Waals surface area contributed by atoms with Gasteiger partial charge < -0.3 is 10.2 Å². The fraction of sp³-hybridized carbons (Fsp3) is 0.273. The number of nitrogens with zero attached hydrogens (tertiary/aromatic N) is 1. The van der Waals surface area contributed by atoms with Crippen LogP contribution in [0.3, 0.4) is 0 Å². The van der Waals surface area contributed by atoms with E-state index in [2.05, 4.69) is 5.32 Å².